The molecule has 6 aromatic rings. The highest BCUT2D eigenvalue weighted by atomic mass is 32.1. The van der Waals surface area contributed by atoms with Gasteiger partial charge in [-0.25, -0.2) is 0 Å². The van der Waals surface area contributed by atoms with Gasteiger partial charge in [0.2, 0.25) is 0 Å². The minimum atomic E-state index is -5.13. The summed E-state index contributed by atoms with van der Waals surface area (Å²) in [6.45, 7) is 23.1. The summed E-state index contributed by atoms with van der Waals surface area (Å²) in [7, 11) is 0. The molecule has 0 unspecified atom stereocenters. The molecule has 0 fully saturated rings. The highest BCUT2D eigenvalue weighted by Gasteiger charge is 2.40. The topological polar surface area (TPSA) is 83.6 Å². The first-order valence-electron chi connectivity index (χ1n) is 24.0. The lowest BCUT2D eigenvalue weighted by molar-refractivity contribution is -0.139. The number of azo groups is 2. The minimum Gasteiger partial charge on any atom is -0.289 e. The number of rotatable bonds is 7. The molecule has 2 aliphatic rings. The number of halogens is 6. The van der Waals surface area contributed by atoms with E-state index in [1.165, 1.54) is 34.8 Å². The Kier molecular flexibility index (Phi) is 14.0. The summed E-state index contributed by atoms with van der Waals surface area (Å²) in [5.74, 6) is -0.236. The third kappa shape index (κ3) is 11.2. The van der Waals surface area contributed by atoms with Crippen LogP contribution in [0.25, 0.3) is 42.7 Å². The maximum Gasteiger partial charge on any atom is 0.417 e. The molecule has 6 nitrogen and oxygen atoms in total. The van der Waals surface area contributed by atoms with E-state index in [1.54, 1.807) is 24.3 Å². The molecule has 0 radical (unpaired) electrons. The average Bonchev–Trinajstić information content (AvgIpc) is 3.92. The van der Waals surface area contributed by atoms with Crippen LogP contribution in [0.4, 0.5) is 37.7 Å². The lowest BCUT2D eigenvalue weighted by Gasteiger charge is -2.31. The van der Waals surface area contributed by atoms with E-state index < -0.39 is 56.3 Å². The summed E-state index contributed by atoms with van der Waals surface area (Å²) in [4.78, 5) is 29.1. The maximum atomic E-state index is 15.2. The zero-order valence-corrected chi connectivity index (χ0v) is 44.9. The van der Waals surface area contributed by atoms with Crippen molar-refractivity contribution in [1.82, 2.24) is 0 Å². The van der Waals surface area contributed by atoms with Crippen molar-refractivity contribution in [2.75, 3.05) is 0 Å². The molecule has 0 amide bonds. The van der Waals surface area contributed by atoms with Gasteiger partial charge in [-0.2, -0.15) is 36.6 Å². The standard InChI is InChI=1S/C60H56F6N4O2S2/c1-55(2,3)43-25-35(26-44(53(43)71)56(4,5)6)51(49-29-33-17-13-15-19-47(33)73-49)69-67-37-21-23-39(41(31-37)59(61,62)63)40-24-22-38(32-42(40)60(64,65)66)68-70-52(50-30-34-18-14-16-20-48(34)74-50)36-27-45(57(7,8)9)54(72)46(28-36)58(10,11)12/h13-32H,1-12H3. The third-order valence-electron chi connectivity index (χ3n) is 12.7. The van der Waals surface area contributed by atoms with Crippen molar-refractivity contribution in [2.45, 2.75) is 95.4 Å². The Morgan fingerprint density at radius 3 is 1.01 bits per heavy atom. The number of thiophene rings is 2. The van der Waals surface area contributed by atoms with Crippen LogP contribution in [0.3, 0.4) is 0 Å². The van der Waals surface area contributed by atoms with E-state index in [2.05, 4.69) is 20.5 Å². The SMILES string of the molecule is CC(C)(C)C1=CC(=C(N=Nc2ccc(-c3ccc(N=NC(=C4C=C(C(C)(C)C)C(=O)C(C(C)(C)C)=C4)c4cc5ccccc5s4)cc3C(F)(F)F)c(C(F)(F)F)c2)c2cc3ccccc3s2)C=C(C(C)(C)C)C1=O. The molecule has 0 spiro atoms. The summed E-state index contributed by atoms with van der Waals surface area (Å²) in [5, 5.41) is 19.6. The van der Waals surface area contributed by atoms with Crippen LogP contribution in [0.15, 0.2) is 175 Å². The lowest BCUT2D eigenvalue weighted by Crippen LogP contribution is -2.28. The molecular weight excluding hydrogens is 987 g/mol. The van der Waals surface area contributed by atoms with Crippen molar-refractivity contribution in [3.05, 3.63) is 176 Å². The first-order valence-corrected chi connectivity index (χ1v) is 25.6. The number of hydrogen-bond acceptors (Lipinski definition) is 8. The van der Waals surface area contributed by atoms with Crippen LogP contribution in [-0.4, -0.2) is 11.6 Å². The average molecular weight is 1040 g/mol. The lowest BCUT2D eigenvalue weighted by atomic mass is 9.71. The Balaban J connectivity index is 1.26. The quantitative estimate of drug-likeness (QED) is 0.118. The molecule has 0 saturated carbocycles. The second-order valence-corrected chi connectivity index (χ2v) is 24.8. The monoisotopic (exact) mass is 1040 g/mol. The summed E-state index contributed by atoms with van der Waals surface area (Å²) in [6.07, 6.45) is -3.24. The summed E-state index contributed by atoms with van der Waals surface area (Å²) >= 11 is 2.81. The second kappa shape index (κ2) is 19.2. The first-order chi connectivity index (χ1) is 34.3. The number of Topliss-reactive ketones (excluding diaryl/α,β-unsaturated/α-hetero) is 2. The van der Waals surface area contributed by atoms with Crippen LogP contribution < -0.4 is 0 Å². The van der Waals surface area contributed by atoms with Crippen LogP contribution >= 0.6 is 22.7 Å². The molecule has 0 atom stereocenters. The molecule has 14 heteroatoms. The summed E-state index contributed by atoms with van der Waals surface area (Å²) in [6, 6.07) is 24.8. The largest absolute Gasteiger partial charge is 0.417 e. The number of alkyl halides is 6. The van der Waals surface area contributed by atoms with Crippen molar-refractivity contribution < 1.29 is 35.9 Å². The number of carbonyl (C=O) groups is 2. The Labute approximate surface area is 435 Å². The van der Waals surface area contributed by atoms with Crippen molar-refractivity contribution in [1.29, 1.82) is 0 Å². The van der Waals surface area contributed by atoms with Crippen LogP contribution in [0.1, 0.15) is 104 Å². The zero-order valence-electron chi connectivity index (χ0n) is 43.2. The van der Waals surface area contributed by atoms with Crippen molar-refractivity contribution in [3.63, 3.8) is 0 Å². The van der Waals surface area contributed by atoms with Gasteiger partial charge in [-0.3, -0.25) is 9.59 Å². The van der Waals surface area contributed by atoms with E-state index in [0.29, 0.717) is 66.7 Å². The maximum absolute atomic E-state index is 15.2. The molecule has 2 aromatic heterocycles. The molecular formula is C60H56F6N4O2S2. The molecule has 0 bridgehead atoms. The number of ketones is 2. The van der Waals surface area contributed by atoms with E-state index in [4.69, 9.17) is 0 Å². The molecule has 4 aromatic carbocycles. The molecule has 2 heterocycles. The van der Waals surface area contributed by atoms with Crippen LogP contribution in [-0.2, 0) is 21.9 Å². The number of fused-ring (bicyclic) bond motifs is 2. The van der Waals surface area contributed by atoms with E-state index in [0.717, 1.165) is 32.3 Å². The first kappa shape index (κ1) is 53.6. The third-order valence-corrected chi connectivity index (χ3v) is 15.0. The summed E-state index contributed by atoms with van der Waals surface area (Å²) < 4.78 is 93.1. The number of carbonyl (C=O) groups excluding carboxylic acids is 2. The number of nitrogens with zero attached hydrogens (tertiary/aromatic N) is 4. The van der Waals surface area contributed by atoms with Gasteiger partial charge < -0.3 is 0 Å². The molecule has 8 rings (SSSR count). The van der Waals surface area contributed by atoms with Gasteiger partial charge in [0.25, 0.3) is 0 Å². The number of benzene rings is 4. The smallest absolute Gasteiger partial charge is 0.289 e. The van der Waals surface area contributed by atoms with E-state index >= 15 is 26.3 Å². The van der Waals surface area contributed by atoms with E-state index in [-0.39, 0.29) is 22.9 Å². The minimum absolute atomic E-state index is 0.118. The van der Waals surface area contributed by atoms with Crippen LogP contribution in [0.5, 0.6) is 0 Å². The zero-order chi connectivity index (χ0) is 54.1. The van der Waals surface area contributed by atoms with Gasteiger partial charge in [0.1, 0.15) is 11.4 Å². The Morgan fingerprint density at radius 2 is 0.730 bits per heavy atom. The van der Waals surface area contributed by atoms with Crippen molar-refractivity contribution >= 4 is 77.2 Å². The predicted octanol–water partition coefficient (Wildman–Crippen LogP) is 19.9. The van der Waals surface area contributed by atoms with E-state index in [1.807, 2.05) is 144 Å². The molecule has 0 N–H and O–H groups in total. The fourth-order valence-electron chi connectivity index (χ4n) is 8.80. The Morgan fingerprint density at radius 1 is 0.419 bits per heavy atom. The van der Waals surface area contributed by atoms with Gasteiger partial charge in [-0.1, -0.05) is 132 Å². The highest BCUT2D eigenvalue weighted by molar-refractivity contribution is 7.20. The fourth-order valence-corrected chi connectivity index (χ4v) is 10.9. The van der Waals surface area contributed by atoms with Gasteiger partial charge in [0.15, 0.2) is 11.6 Å². The van der Waals surface area contributed by atoms with Gasteiger partial charge in [0.05, 0.1) is 32.3 Å². The second-order valence-electron chi connectivity index (χ2n) is 22.7. The molecule has 382 valence electrons. The molecule has 74 heavy (non-hydrogen) atoms. The van der Waals surface area contributed by atoms with Gasteiger partial charge in [0, 0.05) is 42.8 Å². The van der Waals surface area contributed by atoms with Crippen LogP contribution in [0, 0.1) is 21.7 Å². The Hall–Kier alpha value is -6.64. The molecule has 2 aliphatic carbocycles. The van der Waals surface area contributed by atoms with Crippen LogP contribution in [0.2, 0.25) is 0 Å². The van der Waals surface area contributed by atoms with Crippen molar-refractivity contribution in [3.8, 4) is 11.1 Å². The number of hydrogen-bond donors (Lipinski definition) is 0. The van der Waals surface area contributed by atoms with E-state index in [9.17, 15) is 9.59 Å². The van der Waals surface area contributed by atoms with Crippen molar-refractivity contribution in [2.24, 2.45) is 42.1 Å². The Bertz CT molecular complexity index is 3170. The normalized spacial score (nSPS) is 15.6. The summed E-state index contributed by atoms with van der Waals surface area (Å²) in [5.41, 5.74) is -3.21. The van der Waals surface area contributed by atoms with Gasteiger partial charge in [-0.15, -0.1) is 32.9 Å². The number of allylic oxidation sites excluding steroid dienone is 10. The van der Waals surface area contributed by atoms with Gasteiger partial charge >= 0.3 is 12.4 Å². The fraction of sp³-hybridized carbons (Fsp3) is 0.300. The molecule has 0 saturated heterocycles. The van der Waals surface area contributed by atoms with Gasteiger partial charge in [-0.05, 0) is 116 Å². The molecule has 0 aliphatic heterocycles. The highest BCUT2D eigenvalue weighted by Crippen LogP contribution is 2.48. The predicted molar refractivity (Wildman–Crippen MR) is 289 cm³/mol.